The van der Waals surface area contributed by atoms with Crippen molar-refractivity contribution in [3.8, 4) is 5.88 Å². The van der Waals surface area contributed by atoms with E-state index in [-0.39, 0.29) is 23.1 Å². The van der Waals surface area contributed by atoms with E-state index in [9.17, 15) is 9.90 Å². The lowest BCUT2D eigenvalue weighted by molar-refractivity contribution is -0.119. The summed E-state index contributed by atoms with van der Waals surface area (Å²) in [6.07, 6.45) is 1.57. The number of rotatable bonds is 6. The maximum atomic E-state index is 13.2. The average Bonchev–Trinajstić information content (AvgIpc) is 3.55. The first-order valence-electron chi connectivity index (χ1n) is 11.0. The van der Waals surface area contributed by atoms with Crippen molar-refractivity contribution in [1.29, 1.82) is 0 Å². The fourth-order valence-corrected chi connectivity index (χ4v) is 4.83. The quantitative estimate of drug-likeness (QED) is 0.366. The second kappa shape index (κ2) is 8.08. The monoisotopic (exact) mass is 423 g/mol. The van der Waals surface area contributed by atoms with E-state index >= 15 is 0 Å². The van der Waals surface area contributed by atoms with Crippen LogP contribution >= 0.6 is 0 Å². The first-order valence-corrected chi connectivity index (χ1v) is 11.0. The van der Waals surface area contributed by atoms with E-state index in [0.29, 0.717) is 18.7 Å². The Hall–Kier alpha value is -3.73. The maximum Gasteiger partial charge on any atom is 0.269 e. The summed E-state index contributed by atoms with van der Waals surface area (Å²) in [6, 6.07) is 27.9. The number of azo groups is 1. The molecule has 1 atom stereocenters. The highest BCUT2D eigenvalue weighted by molar-refractivity contribution is 5.95. The Morgan fingerprint density at radius 2 is 1.56 bits per heavy atom. The third kappa shape index (κ3) is 3.21. The van der Waals surface area contributed by atoms with Gasteiger partial charge in [-0.2, -0.15) is 0 Å². The van der Waals surface area contributed by atoms with Gasteiger partial charge in [0.05, 0.1) is 11.4 Å². The molecule has 1 N–H and O–H groups in total. The number of amides is 1. The van der Waals surface area contributed by atoms with E-state index in [1.165, 1.54) is 0 Å². The van der Waals surface area contributed by atoms with Crippen molar-refractivity contribution in [2.24, 2.45) is 16.1 Å². The van der Waals surface area contributed by atoms with Crippen LogP contribution in [0.3, 0.4) is 0 Å². The molecule has 1 aliphatic carbocycles. The lowest BCUT2D eigenvalue weighted by Crippen LogP contribution is -2.16. The summed E-state index contributed by atoms with van der Waals surface area (Å²) in [5, 5.41) is 19.9. The molecular weight excluding hydrogens is 398 g/mol. The van der Waals surface area contributed by atoms with Gasteiger partial charge in [-0.15, -0.1) is 10.2 Å². The standard InChI is InChI=1S/C27H25N3O2/c1-2-17-30-23-16-10-9-15-21(23)24(26(30)32)28-29-25(31)22-18-27(22,19-11-5-3-6-12-19)20-13-7-4-8-14-20/h3-16,22,32H,2,17-18H2,1H3/t22-/m0/s1. The molecule has 0 aliphatic heterocycles. The van der Waals surface area contributed by atoms with Crippen molar-refractivity contribution in [3.63, 3.8) is 0 Å². The molecule has 1 heterocycles. The number of nitrogens with zero attached hydrogens (tertiary/aromatic N) is 3. The fraction of sp³-hybridized carbons (Fsp3) is 0.222. The van der Waals surface area contributed by atoms with Gasteiger partial charge in [-0.05, 0) is 30.0 Å². The van der Waals surface area contributed by atoms with Gasteiger partial charge < -0.3 is 9.67 Å². The largest absolute Gasteiger partial charge is 0.493 e. The SMILES string of the molecule is CCCn1c(O)c(N=NC(=O)[C@@H]2CC2(c2ccccc2)c2ccccc2)c2ccccc21. The van der Waals surface area contributed by atoms with Crippen LogP contribution in [0.4, 0.5) is 5.69 Å². The van der Waals surface area contributed by atoms with Crippen LogP contribution < -0.4 is 0 Å². The highest BCUT2D eigenvalue weighted by Crippen LogP contribution is 2.59. The molecule has 1 fully saturated rings. The highest BCUT2D eigenvalue weighted by atomic mass is 16.3. The minimum Gasteiger partial charge on any atom is -0.493 e. The molecular formula is C27H25N3O2. The van der Waals surface area contributed by atoms with Gasteiger partial charge >= 0.3 is 0 Å². The number of hydrogen-bond acceptors (Lipinski definition) is 3. The minimum atomic E-state index is -0.378. The summed E-state index contributed by atoms with van der Waals surface area (Å²) in [5.41, 5.74) is 3.09. The molecule has 0 unspecified atom stereocenters. The number of para-hydroxylation sites is 1. The Morgan fingerprint density at radius 3 is 2.19 bits per heavy atom. The summed E-state index contributed by atoms with van der Waals surface area (Å²) in [6.45, 7) is 2.72. The number of carbonyl (C=O) groups is 1. The van der Waals surface area contributed by atoms with Crippen molar-refractivity contribution in [1.82, 2.24) is 4.57 Å². The molecule has 0 spiro atoms. The highest BCUT2D eigenvalue weighted by Gasteiger charge is 2.60. The van der Waals surface area contributed by atoms with Crippen molar-refractivity contribution in [2.75, 3.05) is 0 Å². The molecule has 1 amide bonds. The van der Waals surface area contributed by atoms with Gasteiger partial charge in [0.15, 0.2) is 5.69 Å². The molecule has 160 valence electrons. The molecule has 1 aliphatic rings. The number of hydrogen-bond donors (Lipinski definition) is 1. The molecule has 5 rings (SSSR count). The molecule has 1 aromatic heterocycles. The summed E-state index contributed by atoms with van der Waals surface area (Å²) >= 11 is 0. The van der Waals surface area contributed by atoms with Gasteiger partial charge in [0.25, 0.3) is 5.91 Å². The molecule has 32 heavy (non-hydrogen) atoms. The Labute approximate surface area is 187 Å². The van der Waals surface area contributed by atoms with E-state index in [0.717, 1.165) is 28.5 Å². The van der Waals surface area contributed by atoms with Crippen LogP contribution in [0.15, 0.2) is 95.2 Å². The van der Waals surface area contributed by atoms with E-state index in [4.69, 9.17) is 0 Å². The number of carbonyl (C=O) groups excluding carboxylic acids is 1. The Bertz CT molecular complexity index is 1250. The molecule has 3 aromatic carbocycles. The Kier molecular flexibility index (Phi) is 5.10. The third-order valence-corrected chi connectivity index (χ3v) is 6.45. The van der Waals surface area contributed by atoms with E-state index in [1.807, 2.05) is 65.2 Å². The molecule has 0 bridgehead atoms. The van der Waals surface area contributed by atoms with Crippen LogP contribution in [0, 0.1) is 5.92 Å². The predicted molar refractivity (Wildman–Crippen MR) is 125 cm³/mol. The van der Waals surface area contributed by atoms with Gasteiger partial charge in [-0.3, -0.25) is 4.79 Å². The van der Waals surface area contributed by atoms with E-state index in [2.05, 4.69) is 41.4 Å². The second-order valence-electron chi connectivity index (χ2n) is 8.34. The minimum absolute atomic E-state index is 0.0535. The number of aryl methyl sites for hydroxylation is 1. The van der Waals surface area contributed by atoms with Gasteiger partial charge in [0.1, 0.15) is 0 Å². The predicted octanol–water partition coefficient (Wildman–Crippen LogP) is 6.37. The van der Waals surface area contributed by atoms with Crippen LogP contribution in [0.2, 0.25) is 0 Å². The third-order valence-electron chi connectivity index (χ3n) is 6.45. The van der Waals surface area contributed by atoms with Crippen LogP contribution in [-0.2, 0) is 16.8 Å². The lowest BCUT2D eigenvalue weighted by Gasteiger charge is -2.17. The maximum absolute atomic E-state index is 13.2. The summed E-state index contributed by atoms with van der Waals surface area (Å²) in [5.74, 6) is -0.482. The van der Waals surface area contributed by atoms with Crippen LogP contribution in [0.5, 0.6) is 5.88 Å². The lowest BCUT2D eigenvalue weighted by atomic mass is 9.85. The number of aromatic nitrogens is 1. The molecule has 0 radical (unpaired) electrons. The van der Waals surface area contributed by atoms with Gasteiger partial charge in [-0.1, -0.05) is 85.8 Å². The van der Waals surface area contributed by atoms with Crippen molar-refractivity contribution < 1.29 is 9.90 Å². The average molecular weight is 424 g/mol. The molecule has 5 heteroatoms. The van der Waals surface area contributed by atoms with Crippen LogP contribution in [-0.4, -0.2) is 15.6 Å². The van der Waals surface area contributed by atoms with Crippen molar-refractivity contribution in [2.45, 2.75) is 31.7 Å². The zero-order valence-corrected chi connectivity index (χ0v) is 18.0. The van der Waals surface area contributed by atoms with Gasteiger partial charge in [-0.25, -0.2) is 0 Å². The Morgan fingerprint density at radius 1 is 0.969 bits per heavy atom. The fourth-order valence-electron chi connectivity index (χ4n) is 4.83. The summed E-state index contributed by atoms with van der Waals surface area (Å²) in [4.78, 5) is 13.2. The van der Waals surface area contributed by atoms with Crippen LogP contribution in [0.25, 0.3) is 10.9 Å². The van der Waals surface area contributed by atoms with Gasteiger partial charge in [0, 0.05) is 17.3 Å². The smallest absolute Gasteiger partial charge is 0.269 e. The molecule has 4 aromatic rings. The van der Waals surface area contributed by atoms with Crippen molar-refractivity contribution in [3.05, 3.63) is 96.1 Å². The van der Waals surface area contributed by atoms with E-state index < -0.39 is 0 Å². The zero-order chi connectivity index (χ0) is 22.1. The van der Waals surface area contributed by atoms with Crippen LogP contribution in [0.1, 0.15) is 30.9 Å². The molecule has 5 nitrogen and oxygen atoms in total. The topological polar surface area (TPSA) is 66.9 Å². The summed E-state index contributed by atoms with van der Waals surface area (Å²) < 4.78 is 1.82. The zero-order valence-electron chi connectivity index (χ0n) is 18.0. The Balaban J connectivity index is 1.49. The first-order chi connectivity index (χ1) is 15.7. The molecule has 0 saturated heterocycles. The van der Waals surface area contributed by atoms with E-state index in [1.54, 1.807) is 0 Å². The normalized spacial score (nSPS) is 17.1. The second-order valence-corrected chi connectivity index (χ2v) is 8.34. The summed E-state index contributed by atoms with van der Waals surface area (Å²) in [7, 11) is 0. The number of aromatic hydroxyl groups is 1. The van der Waals surface area contributed by atoms with Crippen molar-refractivity contribution >= 4 is 22.5 Å². The molecule has 1 saturated carbocycles. The van der Waals surface area contributed by atoms with Gasteiger partial charge in [0.2, 0.25) is 5.88 Å². The number of fused-ring (bicyclic) bond motifs is 1. The first kappa shape index (κ1) is 20.2. The number of benzene rings is 3.